The molecular formula is C24H34N4O3S. The van der Waals surface area contributed by atoms with Gasteiger partial charge in [0, 0.05) is 18.0 Å². The third-order valence-corrected chi connectivity index (χ3v) is 5.99. The fourth-order valence-electron chi connectivity index (χ4n) is 3.39. The van der Waals surface area contributed by atoms with Crippen molar-refractivity contribution in [2.24, 2.45) is 0 Å². The van der Waals surface area contributed by atoms with Crippen LogP contribution in [0.25, 0.3) is 21.1 Å². The Kier molecular flexibility index (Phi) is 8.12. The Labute approximate surface area is 193 Å². The minimum Gasteiger partial charge on any atom is -0.494 e. The number of carbonyl (C=O) groups is 1. The highest BCUT2D eigenvalue weighted by Gasteiger charge is 2.15. The SMILES string of the molecule is CCCc1nc2c(N)nc3cc(OCCCCCCNC(=O)OC(C)(C)C)ccc3c2s1. The van der Waals surface area contributed by atoms with Crippen molar-refractivity contribution in [1.82, 2.24) is 15.3 Å². The molecule has 2 aromatic heterocycles. The number of aryl methyl sites for hydroxylation is 1. The van der Waals surface area contributed by atoms with Gasteiger partial charge >= 0.3 is 6.09 Å². The van der Waals surface area contributed by atoms with Crippen molar-refractivity contribution in [3.8, 4) is 5.75 Å². The molecule has 8 heteroatoms. The van der Waals surface area contributed by atoms with Gasteiger partial charge in [-0.25, -0.2) is 14.8 Å². The topological polar surface area (TPSA) is 99.4 Å². The van der Waals surface area contributed by atoms with E-state index in [9.17, 15) is 4.79 Å². The molecule has 0 aliphatic rings. The van der Waals surface area contributed by atoms with E-state index in [1.165, 1.54) is 0 Å². The van der Waals surface area contributed by atoms with Gasteiger partial charge in [-0.1, -0.05) is 19.8 Å². The summed E-state index contributed by atoms with van der Waals surface area (Å²) in [6, 6.07) is 5.99. The maximum Gasteiger partial charge on any atom is 0.407 e. The number of benzene rings is 1. The predicted octanol–water partition coefficient (Wildman–Crippen LogP) is 5.84. The number of fused-ring (bicyclic) bond motifs is 3. The van der Waals surface area contributed by atoms with E-state index in [0.717, 1.165) is 70.4 Å². The molecule has 0 aliphatic carbocycles. The predicted molar refractivity (Wildman–Crippen MR) is 132 cm³/mol. The summed E-state index contributed by atoms with van der Waals surface area (Å²) >= 11 is 1.70. The standard InChI is InChI=1S/C24H34N4O3S/c1-5-10-19-28-20-21(32-19)17-12-11-16(15-18(17)27-22(20)25)30-14-9-7-6-8-13-26-23(29)31-24(2,3)4/h11-12,15H,5-10,13-14H2,1-4H3,(H2,25,27)(H,26,29). The first-order valence-electron chi connectivity index (χ1n) is 11.3. The van der Waals surface area contributed by atoms with E-state index < -0.39 is 5.60 Å². The Morgan fingerprint density at radius 1 is 1.16 bits per heavy atom. The number of nitrogen functional groups attached to an aromatic ring is 1. The van der Waals surface area contributed by atoms with Crippen LogP contribution in [-0.4, -0.2) is 34.8 Å². The number of carbonyl (C=O) groups excluding carboxylic acids is 1. The second-order valence-electron chi connectivity index (χ2n) is 8.90. The minimum atomic E-state index is -0.462. The average molecular weight is 459 g/mol. The Bertz CT molecular complexity index is 1060. The summed E-state index contributed by atoms with van der Waals surface area (Å²) in [4.78, 5) is 20.8. The third kappa shape index (κ3) is 6.69. The molecule has 0 radical (unpaired) electrons. The highest BCUT2D eigenvalue weighted by Crippen LogP contribution is 2.34. The number of unbranched alkanes of at least 4 members (excludes halogenated alkanes) is 3. The number of hydrogen-bond acceptors (Lipinski definition) is 7. The van der Waals surface area contributed by atoms with Crippen LogP contribution in [-0.2, 0) is 11.2 Å². The minimum absolute atomic E-state index is 0.358. The number of amides is 1. The van der Waals surface area contributed by atoms with Crippen LogP contribution in [0.1, 0.15) is 64.8 Å². The first-order chi connectivity index (χ1) is 15.3. The molecule has 0 bridgehead atoms. The van der Waals surface area contributed by atoms with Crippen LogP contribution < -0.4 is 15.8 Å². The molecule has 0 unspecified atom stereocenters. The van der Waals surface area contributed by atoms with Gasteiger partial charge in [0.1, 0.15) is 16.9 Å². The van der Waals surface area contributed by atoms with E-state index in [1.807, 2.05) is 32.9 Å². The van der Waals surface area contributed by atoms with Gasteiger partial charge in [-0.15, -0.1) is 11.3 Å². The summed E-state index contributed by atoms with van der Waals surface area (Å²) < 4.78 is 12.2. The molecule has 0 spiro atoms. The van der Waals surface area contributed by atoms with E-state index >= 15 is 0 Å². The first kappa shape index (κ1) is 24.0. The third-order valence-electron chi connectivity index (χ3n) is 4.84. The second kappa shape index (κ2) is 10.8. The Balaban J connectivity index is 1.44. The molecule has 0 atom stereocenters. The highest BCUT2D eigenvalue weighted by atomic mass is 32.1. The first-order valence-corrected chi connectivity index (χ1v) is 12.2. The summed E-state index contributed by atoms with van der Waals surface area (Å²) in [6.45, 7) is 8.99. The maximum atomic E-state index is 11.6. The van der Waals surface area contributed by atoms with E-state index in [-0.39, 0.29) is 6.09 Å². The molecule has 0 aliphatic heterocycles. The number of pyridine rings is 1. The quantitative estimate of drug-likeness (QED) is 0.370. The van der Waals surface area contributed by atoms with Crippen LogP contribution in [0.4, 0.5) is 10.6 Å². The number of nitrogens with zero attached hydrogens (tertiary/aromatic N) is 2. The van der Waals surface area contributed by atoms with Crippen molar-refractivity contribution in [3.63, 3.8) is 0 Å². The van der Waals surface area contributed by atoms with Crippen molar-refractivity contribution in [2.75, 3.05) is 18.9 Å². The number of nitrogens with one attached hydrogen (secondary N) is 1. The number of hydrogen-bond donors (Lipinski definition) is 2. The molecule has 7 nitrogen and oxygen atoms in total. The molecule has 0 saturated heterocycles. The largest absolute Gasteiger partial charge is 0.494 e. The fourth-order valence-corrected chi connectivity index (χ4v) is 4.59. The number of alkyl carbamates (subject to hydrolysis) is 1. The average Bonchev–Trinajstić information content (AvgIpc) is 3.13. The van der Waals surface area contributed by atoms with E-state index in [0.29, 0.717) is 19.0 Å². The van der Waals surface area contributed by atoms with Gasteiger partial charge in [0.2, 0.25) is 0 Å². The van der Waals surface area contributed by atoms with Gasteiger partial charge in [-0.05, 0) is 58.6 Å². The lowest BCUT2D eigenvalue weighted by atomic mass is 10.2. The lowest BCUT2D eigenvalue weighted by Gasteiger charge is -2.19. The Hall–Kier alpha value is -2.61. The molecule has 3 rings (SSSR count). The monoisotopic (exact) mass is 458 g/mol. The zero-order valence-corrected chi connectivity index (χ0v) is 20.3. The molecule has 0 fully saturated rings. The smallest absolute Gasteiger partial charge is 0.407 e. The molecule has 1 amide bonds. The van der Waals surface area contributed by atoms with Crippen molar-refractivity contribution in [3.05, 3.63) is 23.2 Å². The number of thiazole rings is 1. The molecule has 0 saturated carbocycles. The van der Waals surface area contributed by atoms with Crippen LogP contribution >= 0.6 is 11.3 Å². The van der Waals surface area contributed by atoms with Crippen LogP contribution in [0.3, 0.4) is 0 Å². The van der Waals surface area contributed by atoms with Crippen molar-refractivity contribution in [1.29, 1.82) is 0 Å². The van der Waals surface area contributed by atoms with Gasteiger partial charge in [-0.3, -0.25) is 0 Å². The van der Waals surface area contributed by atoms with Gasteiger partial charge in [-0.2, -0.15) is 0 Å². The Morgan fingerprint density at radius 3 is 2.69 bits per heavy atom. The number of ether oxygens (including phenoxy) is 2. The van der Waals surface area contributed by atoms with E-state index in [4.69, 9.17) is 15.2 Å². The molecular weight excluding hydrogens is 424 g/mol. The summed E-state index contributed by atoms with van der Waals surface area (Å²) in [6.07, 6.45) is 5.59. The molecule has 3 aromatic rings. The highest BCUT2D eigenvalue weighted by molar-refractivity contribution is 7.19. The number of aromatic nitrogens is 2. The van der Waals surface area contributed by atoms with Gasteiger partial charge in [0.25, 0.3) is 0 Å². The van der Waals surface area contributed by atoms with Gasteiger partial charge < -0.3 is 20.5 Å². The number of nitrogens with two attached hydrogens (primary N) is 1. The van der Waals surface area contributed by atoms with Crippen molar-refractivity contribution in [2.45, 2.75) is 71.8 Å². The summed E-state index contributed by atoms with van der Waals surface area (Å²) in [5, 5.41) is 4.96. The lowest BCUT2D eigenvalue weighted by molar-refractivity contribution is 0.0527. The zero-order valence-electron chi connectivity index (χ0n) is 19.5. The maximum absolute atomic E-state index is 11.6. The van der Waals surface area contributed by atoms with Crippen LogP contribution in [0, 0.1) is 0 Å². The molecule has 32 heavy (non-hydrogen) atoms. The van der Waals surface area contributed by atoms with E-state index in [2.05, 4.69) is 28.3 Å². The van der Waals surface area contributed by atoms with Gasteiger partial charge in [0.05, 0.1) is 21.8 Å². The van der Waals surface area contributed by atoms with Crippen LogP contribution in [0.15, 0.2) is 18.2 Å². The summed E-state index contributed by atoms with van der Waals surface area (Å²) in [7, 11) is 0. The van der Waals surface area contributed by atoms with Crippen molar-refractivity contribution >= 4 is 44.4 Å². The summed E-state index contributed by atoms with van der Waals surface area (Å²) in [5.41, 5.74) is 7.35. The normalized spacial score (nSPS) is 11.8. The number of rotatable bonds is 10. The van der Waals surface area contributed by atoms with Gasteiger partial charge in [0.15, 0.2) is 5.82 Å². The molecule has 1 aromatic carbocycles. The zero-order chi connectivity index (χ0) is 23.1. The fraction of sp³-hybridized carbons (Fsp3) is 0.542. The molecule has 174 valence electrons. The van der Waals surface area contributed by atoms with Crippen LogP contribution in [0.2, 0.25) is 0 Å². The number of anilines is 1. The molecule has 3 N–H and O–H groups in total. The second-order valence-corrected chi connectivity index (χ2v) is 9.99. The summed E-state index contributed by atoms with van der Waals surface area (Å²) in [5.74, 6) is 1.27. The molecule has 2 heterocycles. The lowest BCUT2D eigenvalue weighted by Crippen LogP contribution is -2.32. The van der Waals surface area contributed by atoms with Crippen molar-refractivity contribution < 1.29 is 14.3 Å². The Morgan fingerprint density at radius 2 is 1.94 bits per heavy atom. The van der Waals surface area contributed by atoms with E-state index in [1.54, 1.807) is 11.3 Å². The van der Waals surface area contributed by atoms with Crippen LogP contribution in [0.5, 0.6) is 5.75 Å².